The maximum Gasteiger partial charge on any atom is 0.321 e. The van der Waals surface area contributed by atoms with Gasteiger partial charge in [-0.2, -0.15) is 0 Å². The standard InChI is InChI=1S/C6H9NO5/c1-2(8)3(5(9)10)4(7)6(11)12/h3-4H,7H2,1H3,(H,9,10)(H,11,12)/t3?,4-/m0/s1. The SMILES string of the molecule is CC(=O)C(C(=O)O)[C@H](N)C(=O)O. The van der Waals surface area contributed by atoms with Gasteiger partial charge >= 0.3 is 11.9 Å². The van der Waals surface area contributed by atoms with Crippen LogP contribution in [0.3, 0.4) is 0 Å². The smallest absolute Gasteiger partial charge is 0.321 e. The number of carbonyl (C=O) groups is 3. The van der Waals surface area contributed by atoms with Crippen molar-refractivity contribution in [2.24, 2.45) is 11.7 Å². The molecule has 0 radical (unpaired) electrons. The Morgan fingerprint density at radius 2 is 1.58 bits per heavy atom. The van der Waals surface area contributed by atoms with E-state index < -0.39 is 29.7 Å². The Morgan fingerprint density at radius 1 is 1.17 bits per heavy atom. The second kappa shape index (κ2) is 3.82. The first kappa shape index (κ1) is 10.6. The lowest BCUT2D eigenvalue weighted by atomic mass is 9.97. The van der Waals surface area contributed by atoms with Gasteiger partial charge < -0.3 is 15.9 Å². The van der Waals surface area contributed by atoms with Gasteiger partial charge in [-0.1, -0.05) is 0 Å². The van der Waals surface area contributed by atoms with Gasteiger partial charge in [0.1, 0.15) is 17.7 Å². The minimum Gasteiger partial charge on any atom is -0.481 e. The molecular weight excluding hydrogens is 166 g/mol. The Hall–Kier alpha value is -1.43. The van der Waals surface area contributed by atoms with Crippen molar-refractivity contribution in [2.75, 3.05) is 0 Å². The van der Waals surface area contributed by atoms with Crippen LogP contribution in [0.4, 0.5) is 0 Å². The summed E-state index contributed by atoms with van der Waals surface area (Å²) >= 11 is 0. The third-order valence-corrected chi connectivity index (χ3v) is 1.35. The number of carboxylic acids is 2. The Labute approximate surface area is 68.0 Å². The van der Waals surface area contributed by atoms with Crippen molar-refractivity contribution in [3.63, 3.8) is 0 Å². The summed E-state index contributed by atoms with van der Waals surface area (Å²) in [5, 5.41) is 16.7. The molecule has 2 atom stereocenters. The molecule has 12 heavy (non-hydrogen) atoms. The van der Waals surface area contributed by atoms with Gasteiger partial charge in [-0.05, 0) is 6.92 Å². The topological polar surface area (TPSA) is 118 Å². The molecule has 0 fully saturated rings. The fourth-order valence-electron chi connectivity index (χ4n) is 0.723. The molecule has 0 aliphatic rings. The summed E-state index contributed by atoms with van der Waals surface area (Å²) in [4.78, 5) is 31.1. The molecule has 0 saturated carbocycles. The fourth-order valence-corrected chi connectivity index (χ4v) is 0.723. The lowest BCUT2D eigenvalue weighted by Gasteiger charge is -2.12. The molecule has 0 aromatic heterocycles. The molecule has 0 aliphatic carbocycles. The summed E-state index contributed by atoms with van der Waals surface area (Å²) < 4.78 is 0. The van der Waals surface area contributed by atoms with Gasteiger partial charge in [0.25, 0.3) is 0 Å². The molecule has 1 unspecified atom stereocenters. The molecule has 0 rings (SSSR count). The van der Waals surface area contributed by atoms with Crippen molar-refractivity contribution >= 4 is 17.7 Å². The molecule has 68 valence electrons. The van der Waals surface area contributed by atoms with Gasteiger partial charge in [-0.3, -0.25) is 14.4 Å². The average molecular weight is 175 g/mol. The molecule has 0 aromatic rings. The molecule has 0 aromatic carbocycles. The van der Waals surface area contributed by atoms with Crippen LogP contribution in [-0.2, 0) is 14.4 Å². The molecule has 0 spiro atoms. The van der Waals surface area contributed by atoms with Crippen molar-refractivity contribution in [1.82, 2.24) is 0 Å². The van der Waals surface area contributed by atoms with Gasteiger partial charge in [-0.25, -0.2) is 0 Å². The Bertz CT molecular complexity index is 210. The van der Waals surface area contributed by atoms with E-state index in [1.54, 1.807) is 0 Å². The number of rotatable bonds is 4. The number of carbonyl (C=O) groups excluding carboxylic acids is 1. The van der Waals surface area contributed by atoms with Gasteiger partial charge in [0.05, 0.1) is 0 Å². The van der Waals surface area contributed by atoms with Crippen molar-refractivity contribution in [3.05, 3.63) is 0 Å². The maximum atomic E-state index is 10.6. The zero-order valence-corrected chi connectivity index (χ0v) is 6.35. The highest BCUT2D eigenvalue weighted by molar-refractivity contribution is 6.01. The Balaban J connectivity index is 4.63. The Kier molecular flexibility index (Phi) is 3.36. The number of Topliss-reactive ketones (excluding diaryl/α,β-unsaturated/α-hetero) is 1. The van der Waals surface area contributed by atoms with E-state index in [0.29, 0.717) is 0 Å². The number of carboxylic acid groups (broad SMARTS) is 2. The number of aliphatic carboxylic acids is 2. The first-order chi connectivity index (χ1) is 5.37. The first-order valence-corrected chi connectivity index (χ1v) is 3.09. The van der Waals surface area contributed by atoms with Crippen LogP contribution >= 0.6 is 0 Å². The van der Waals surface area contributed by atoms with Crippen LogP contribution in [0.5, 0.6) is 0 Å². The molecule has 4 N–H and O–H groups in total. The van der Waals surface area contributed by atoms with E-state index in [4.69, 9.17) is 15.9 Å². The maximum absolute atomic E-state index is 10.6. The van der Waals surface area contributed by atoms with Crippen LogP contribution in [0.25, 0.3) is 0 Å². The lowest BCUT2D eigenvalue weighted by Crippen LogP contribution is -2.45. The number of nitrogens with two attached hydrogens (primary N) is 1. The van der Waals surface area contributed by atoms with Gasteiger partial charge in [0.2, 0.25) is 0 Å². The third kappa shape index (κ3) is 2.31. The summed E-state index contributed by atoms with van der Waals surface area (Å²) in [6.07, 6.45) is 0. The molecule has 0 aliphatic heterocycles. The summed E-state index contributed by atoms with van der Waals surface area (Å²) in [6.45, 7) is 0.988. The van der Waals surface area contributed by atoms with Crippen molar-refractivity contribution < 1.29 is 24.6 Å². The van der Waals surface area contributed by atoms with E-state index in [0.717, 1.165) is 6.92 Å². The van der Waals surface area contributed by atoms with Crippen LogP contribution in [0.1, 0.15) is 6.92 Å². The van der Waals surface area contributed by atoms with Crippen LogP contribution < -0.4 is 5.73 Å². The highest BCUT2D eigenvalue weighted by atomic mass is 16.4. The van der Waals surface area contributed by atoms with Crippen LogP contribution in [-0.4, -0.2) is 34.0 Å². The van der Waals surface area contributed by atoms with Gasteiger partial charge in [0, 0.05) is 0 Å². The quantitative estimate of drug-likeness (QED) is 0.456. The normalized spacial score (nSPS) is 14.8. The highest BCUT2D eigenvalue weighted by Crippen LogP contribution is 2.03. The van der Waals surface area contributed by atoms with E-state index >= 15 is 0 Å². The minimum absolute atomic E-state index is 0.766. The largest absolute Gasteiger partial charge is 0.481 e. The van der Waals surface area contributed by atoms with Crippen molar-refractivity contribution in [1.29, 1.82) is 0 Å². The number of hydrogen-bond donors (Lipinski definition) is 3. The second-order valence-corrected chi connectivity index (χ2v) is 2.29. The predicted molar refractivity (Wildman–Crippen MR) is 37.4 cm³/mol. The predicted octanol–water partition coefficient (Wildman–Crippen LogP) is -1.31. The average Bonchev–Trinajstić information content (AvgIpc) is 1.85. The monoisotopic (exact) mass is 175 g/mol. The molecule has 0 bridgehead atoms. The third-order valence-electron chi connectivity index (χ3n) is 1.35. The zero-order valence-electron chi connectivity index (χ0n) is 6.35. The van der Waals surface area contributed by atoms with Crippen molar-refractivity contribution in [2.45, 2.75) is 13.0 Å². The zero-order chi connectivity index (χ0) is 9.89. The molecule has 0 saturated heterocycles. The number of hydrogen-bond acceptors (Lipinski definition) is 4. The van der Waals surface area contributed by atoms with E-state index in [1.165, 1.54) is 0 Å². The second-order valence-electron chi connectivity index (χ2n) is 2.29. The van der Waals surface area contributed by atoms with Crippen molar-refractivity contribution in [3.8, 4) is 0 Å². The molecular formula is C6H9NO5. The molecule has 6 nitrogen and oxygen atoms in total. The van der Waals surface area contributed by atoms with Crippen LogP contribution in [0.15, 0.2) is 0 Å². The summed E-state index contributed by atoms with van der Waals surface area (Å²) in [7, 11) is 0. The molecule has 0 amide bonds. The fraction of sp³-hybridized carbons (Fsp3) is 0.500. The summed E-state index contributed by atoms with van der Waals surface area (Å²) in [5.41, 5.74) is 4.96. The summed E-state index contributed by atoms with van der Waals surface area (Å²) in [5.74, 6) is -5.45. The van der Waals surface area contributed by atoms with E-state index in [-0.39, 0.29) is 0 Å². The lowest BCUT2D eigenvalue weighted by molar-refractivity contribution is -0.153. The minimum atomic E-state index is -1.68. The van der Waals surface area contributed by atoms with Gasteiger partial charge in [-0.15, -0.1) is 0 Å². The van der Waals surface area contributed by atoms with Gasteiger partial charge in [0.15, 0.2) is 0 Å². The molecule has 0 heterocycles. The van der Waals surface area contributed by atoms with E-state index in [9.17, 15) is 14.4 Å². The summed E-state index contributed by atoms with van der Waals surface area (Å²) in [6, 6.07) is -1.68. The Morgan fingerprint density at radius 3 is 1.67 bits per heavy atom. The highest BCUT2D eigenvalue weighted by Gasteiger charge is 2.34. The van der Waals surface area contributed by atoms with E-state index in [2.05, 4.69) is 0 Å². The van der Waals surface area contributed by atoms with E-state index in [1.807, 2.05) is 0 Å². The number of ketones is 1. The first-order valence-electron chi connectivity index (χ1n) is 3.09. The van der Waals surface area contributed by atoms with Crippen LogP contribution in [0, 0.1) is 5.92 Å². The molecule has 6 heteroatoms. The van der Waals surface area contributed by atoms with Crippen LogP contribution in [0.2, 0.25) is 0 Å².